The predicted molar refractivity (Wildman–Crippen MR) is 185 cm³/mol. The second-order valence-electron chi connectivity index (χ2n) is 13.7. The SMILES string of the molecule is Cc1cccc(C)c1-c1cc2nc(n1)NS(=O)(=O)c1cccc(c1)C(=O)N(Cc1ncc(OC3CCC3)cc1Cl)[C@H](CC(C)(C)C)CO2. The minimum absolute atomic E-state index is 0.0589. The first-order valence-corrected chi connectivity index (χ1v) is 18.0. The molecule has 1 amide bonds. The third-order valence-corrected chi connectivity index (χ3v) is 10.3. The van der Waals surface area contributed by atoms with Crippen molar-refractivity contribution in [3.63, 3.8) is 0 Å². The number of aromatic nitrogens is 3. The van der Waals surface area contributed by atoms with E-state index in [9.17, 15) is 13.2 Å². The van der Waals surface area contributed by atoms with Gasteiger partial charge in [0.1, 0.15) is 12.4 Å². The van der Waals surface area contributed by atoms with E-state index in [0.717, 1.165) is 36.0 Å². The lowest BCUT2D eigenvalue weighted by Crippen LogP contribution is -2.45. The number of amides is 1. The van der Waals surface area contributed by atoms with Crippen LogP contribution >= 0.6 is 11.6 Å². The van der Waals surface area contributed by atoms with Gasteiger partial charge in [0.15, 0.2) is 0 Å². The highest BCUT2D eigenvalue weighted by atomic mass is 35.5. The second-order valence-corrected chi connectivity index (χ2v) is 15.8. The highest BCUT2D eigenvalue weighted by Gasteiger charge is 2.32. The molecule has 2 aliphatic rings. The summed E-state index contributed by atoms with van der Waals surface area (Å²) in [5, 5.41) is 0.372. The van der Waals surface area contributed by atoms with E-state index in [2.05, 4.69) is 40.4 Å². The number of rotatable bonds is 6. The molecule has 0 unspecified atom stereocenters. The average Bonchev–Trinajstić information content (AvgIpc) is 2.99. The van der Waals surface area contributed by atoms with Crippen LogP contribution in [0, 0.1) is 19.3 Å². The van der Waals surface area contributed by atoms with Crippen molar-refractivity contribution < 1.29 is 22.7 Å². The van der Waals surface area contributed by atoms with Crippen LogP contribution in [0.4, 0.5) is 5.95 Å². The first-order chi connectivity index (χ1) is 22.8. The van der Waals surface area contributed by atoms with Crippen LogP contribution in [0.25, 0.3) is 11.3 Å². The smallest absolute Gasteiger partial charge is 0.264 e. The van der Waals surface area contributed by atoms with Gasteiger partial charge in [0.2, 0.25) is 11.8 Å². The van der Waals surface area contributed by atoms with Crippen molar-refractivity contribution in [1.82, 2.24) is 19.9 Å². The molecule has 10 nitrogen and oxygen atoms in total. The zero-order chi connectivity index (χ0) is 34.2. The summed E-state index contributed by atoms with van der Waals surface area (Å²) in [6, 6.07) is 14.8. The highest BCUT2D eigenvalue weighted by Crippen LogP contribution is 2.33. The Hall–Kier alpha value is -4.22. The molecule has 1 N–H and O–H groups in total. The van der Waals surface area contributed by atoms with Crippen molar-refractivity contribution in [1.29, 1.82) is 0 Å². The number of sulfonamides is 1. The molecule has 3 heterocycles. The summed E-state index contributed by atoms with van der Waals surface area (Å²) in [5.41, 5.74) is 3.76. The van der Waals surface area contributed by atoms with E-state index >= 15 is 0 Å². The van der Waals surface area contributed by atoms with E-state index in [1.54, 1.807) is 35.4 Å². The first-order valence-electron chi connectivity index (χ1n) is 16.1. The Labute approximate surface area is 286 Å². The fraction of sp³-hybridized carbons (Fsp3) is 0.389. The molecule has 48 heavy (non-hydrogen) atoms. The second kappa shape index (κ2) is 13.4. The van der Waals surface area contributed by atoms with Crippen LogP contribution in [0.15, 0.2) is 65.7 Å². The Morgan fingerprint density at radius 1 is 1.04 bits per heavy atom. The van der Waals surface area contributed by atoms with E-state index in [-0.39, 0.29) is 52.9 Å². The number of hydrogen-bond acceptors (Lipinski definition) is 8. The lowest BCUT2D eigenvalue weighted by Gasteiger charge is -2.35. The molecule has 12 heteroatoms. The standard InChI is InChI=1S/C36H40ClN5O5S/c1-22-9-6-10-23(2)33(22)30-17-32-40-35(39-30)41-48(44,45)28-14-7-11-24(15-28)34(43)42(25(21-46-32)18-36(3,4)5)20-31-29(37)16-27(19-38-31)47-26-12-8-13-26/h6-7,9-11,14-17,19,25-26H,8,12-13,18,20-21H2,1-5H3,(H,39,40,41)/t25-/m1/s1. The fourth-order valence-electron chi connectivity index (χ4n) is 6.02. The predicted octanol–water partition coefficient (Wildman–Crippen LogP) is 7.38. The molecular weight excluding hydrogens is 650 g/mol. The maximum absolute atomic E-state index is 14.4. The molecule has 1 aliphatic heterocycles. The van der Waals surface area contributed by atoms with Crippen molar-refractivity contribution in [2.45, 2.75) is 83.9 Å². The van der Waals surface area contributed by atoms with E-state index in [0.29, 0.717) is 28.6 Å². The molecule has 6 rings (SSSR count). The van der Waals surface area contributed by atoms with Gasteiger partial charge in [-0.2, -0.15) is 4.98 Å². The number of carbonyl (C=O) groups is 1. The van der Waals surface area contributed by atoms with E-state index in [1.165, 1.54) is 12.1 Å². The molecule has 252 valence electrons. The molecule has 1 aliphatic carbocycles. The molecule has 2 aromatic carbocycles. The van der Waals surface area contributed by atoms with Gasteiger partial charge in [0, 0.05) is 23.3 Å². The number of pyridine rings is 1. The third-order valence-electron chi connectivity index (χ3n) is 8.60. The number of anilines is 1. The van der Waals surface area contributed by atoms with Gasteiger partial charge in [0.05, 0.1) is 46.2 Å². The molecule has 4 bridgehead atoms. The molecule has 0 spiro atoms. The number of halogens is 1. The van der Waals surface area contributed by atoms with Gasteiger partial charge >= 0.3 is 0 Å². The van der Waals surface area contributed by atoms with Gasteiger partial charge in [-0.25, -0.2) is 18.1 Å². The van der Waals surface area contributed by atoms with Crippen molar-refractivity contribution in [3.05, 3.63) is 88.2 Å². The zero-order valence-electron chi connectivity index (χ0n) is 27.8. The largest absolute Gasteiger partial charge is 0.489 e. The average molecular weight is 690 g/mol. The van der Waals surface area contributed by atoms with Crippen molar-refractivity contribution in [2.24, 2.45) is 5.41 Å². The van der Waals surface area contributed by atoms with Crippen LogP contribution in [-0.2, 0) is 16.6 Å². The zero-order valence-corrected chi connectivity index (χ0v) is 29.4. The van der Waals surface area contributed by atoms with Crippen LogP contribution in [-0.4, -0.2) is 52.9 Å². The molecule has 1 atom stereocenters. The van der Waals surface area contributed by atoms with Gasteiger partial charge in [-0.05, 0) is 74.3 Å². The molecule has 0 radical (unpaired) electrons. The molecule has 1 saturated carbocycles. The van der Waals surface area contributed by atoms with Crippen molar-refractivity contribution >= 4 is 33.5 Å². The summed E-state index contributed by atoms with van der Waals surface area (Å²) in [6.07, 6.45) is 5.49. The van der Waals surface area contributed by atoms with Crippen LogP contribution in [0.1, 0.15) is 73.6 Å². The Morgan fingerprint density at radius 3 is 2.44 bits per heavy atom. The van der Waals surface area contributed by atoms with Gasteiger partial charge in [-0.15, -0.1) is 0 Å². The number of carbonyl (C=O) groups excluding carboxylic acids is 1. The number of aryl methyl sites for hydroxylation is 2. The summed E-state index contributed by atoms with van der Waals surface area (Å²) in [5.74, 6) is 0.242. The minimum Gasteiger partial charge on any atom is -0.489 e. The molecular formula is C36H40ClN5O5S. The highest BCUT2D eigenvalue weighted by molar-refractivity contribution is 7.92. The Balaban J connectivity index is 1.45. The molecule has 0 saturated heterocycles. The molecule has 4 aromatic rings. The van der Waals surface area contributed by atoms with Gasteiger partial charge in [-0.3, -0.25) is 9.78 Å². The van der Waals surface area contributed by atoms with Crippen LogP contribution in [0.2, 0.25) is 5.02 Å². The third kappa shape index (κ3) is 7.57. The van der Waals surface area contributed by atoms with Crippen LogP contribution in [0.3, 0.4) is 0 Å². The van der Waals surface area contributed by atoms with E-state index in [4.69, 9.17) is 21.1 Å². The number of ether oxygens (including phenoxy) is 2. The summed E-state index contributed by atoms with van der Waals surface area (Å²) in [4.78, 5) is 29.7. The van der Waals surface area contributed by atoms with Gasteiger partial charge in [0.25, 0.3) is 15.9 Å². The summed E-state index contributed by atoms with van der Waals surface area (Å²) in [7, 11) is -4.19. The van der Waals surface area contributed by atoms with E-state index < -0.39 is 16.1 Å². The summed E-state index contributed by atoms with van der Waals surface area (Å²) in [6.45, 7) is 10.3. The topological polar surface area (TPSA) is 124 Å². The maximum atomic E-state index is 14.4. The Morgan fingerprint density at radius 2 is 1.77 bits per heavy atom. The van der Waals surface area contributed by atoms with Crippen molar-refractivity contribution in [2.75, 3.05) is 11.3 Å². The van der Waals surface area contributed by atoms with Crippen LogP contribution in [0.5, 0.6) is 11.6 Å². The number of benzene rings is 2. The first kappa shape index (κ1) is 33.7. The number of nitrogens with zero attached hydrogens (tertiary/aromatic N) is 4. The Kier molecular flexibility index (Phi) is 9.37. The summed E-state index contributed by atoms with van der Waals surface area (Å²) < 4.78 is 42.2. The van der Waals surface area contributed by atoms with E-state index in [1.807, 2.05) is 32.0 Å². The lowest BCUT2D eigenvalue weighted by atomic mass is 9.87. The van der Waals surface area contributed by atoms with Crippen molar-refractivity contribution in [3.8, 4) is 22.9 Å². The van der Waals surface area contributed by atoms with Gasteiger partial charge < -0.3 is 14.4 Å². The molecule has 2 aromatic heterocycles. The van der Waals surface area contributed by atoms with Crippen LogP contribution < -0.4 is 14.2 Å². The maximum Gasteiger partial charge on any atom is 0.264 e. The summed E-state index contributed by atoms with van der Waals surface area (Å²) >= 11 is 6.76. The fourth-order valence-corrected chi connectivity index (χ4v) is 7.22. The number of fused-ring (bicyclic) bond motifs is 4. The molecule has 1 fully saturated rings. The number of hydrogen-bond donors (Lipinski definition) is 1. The lowest BCUT2D eigenvalue weighted by molar-refractivity contribution is 0.0509. The number of nitrogens with one attached hydrogen (secondary N) is 1. The normalized spacial score (nSPS) is 18.0. The Bertz CT molecular complexity index is 1940. The monoisotopic (exact) mass is 689 g/mol. The quantitative estimate of drug-likeness (QED) is 0.222. The minimum atomic E-state index is -4.19. The van der Waals surface area contributed by atoms with Gasteiger partial charge in [-0.1, -0.05) is 56.6 Å².